The van der Waals surface area contributed by atoms with Crippen molar-refractivity contribution in [2.75, 3.05) is 26.7 Å². The third-order valence-electron chi connectivity index (χ3n) is 3.90. The number of benzene rings is 1. The molecule has 1 aromatic carbocycles. The van der Waals surface area contributed by atoms with E-state index in [0.717, 1.165) is 37.2 Å². The molecule has 1 unspecified atom stereocenters. The van der Waals surface area contributed by atoms with Crippen molar-refractivity contribution >= 4 is 0 Å². The fraction of sp³-hybridized carbons (Fsp3) is 0.600. The molecule has 1 atom stereocenters. The number of nitrogens with two attached hydrogens (primary N) is 1. The number of halogens is 1. The Morgan fingerprint density at radius 1 is 1.47 bits per heavy atom. The summed E-state index contributed by atoms with van der Waals surface area (Å²) in [6.07, 6.45) is 4.36. The molecule has 1 aromatic rings. The van der Waals surface area contributed by atoms with Crippen LogP contribution < -0.4 is 10.5 Å². The van der Waals surface area contributed by atoms with Crippen LogP contribution in [0.25, 0.3) is 0 Å². The Labute approximate surface area is 114 Å². The van der Waals surface area contributed by atoms with Crippen LogP contribution in [0, 0.1) is 5.82 Å². The minimum atomic E-state index is -0.193. The van der Waals surface area contributed by atoms with E-state index in [2.05, 4.69) is 4.90 Å². The molecule has 1 aliphatic rings. The Balaban J connectivity index is 1.96. The zero-order chi connectivity index (χ0) is 13.7. The number of hydrogen-bond acceptors (Lipinski definition) is 3. The molecule has 3 nitrogen and oxygen atoms in total. The van der Waals surface area contributed by atoms with Crippen molar-refractivity contribution in [3.63, 3.8) is 0 Å². The third-order valence-corrected chi connectivity index (χ3v) is 3.90. The van der Waals surface area contributed by atoms with Crippen LogP contribution in [-0.2, 0) is 6.42 Å². The minimum absolute atomic E-state index is 0.193. The van der Waals surface area contributed by atoms with E-state index in [0.29, 0.717) is 12.6 Å². The van der Waals surface area contributed by atoms with Gasteiger partial charge in [0.25, 0.3) is 0 Å². The fourth-order valence-electron chi connectivity index (χ4n) is 2.95. The summed E-state index contributed by atoms with van der Waals surface area (Å²) in [5.74, 6) is 0.589. The van der Waals surface area contributed by atoms with E-state index >= 15 is 0 Å². The highest BCUT2D eigenvalue weighted by Gasteiger charge is 2.23. The Morgan fingerprint density at radius 3 is 3.05 bits per heavy atom. The smallest absolute Gasteiger partial charge is 0.123 e. The molecule has 106 valence electrons. The molecule has 0 radical (unpaired) electrons. The van der Waals surface area contributed by atoms with Crippen LogP contribution in [0.2, 0.25) is 0 Å². The first kappa shape index (κ1) is 14.3. The van der Waals surface area contributed by atoms with Crippen molar-refractivity contribution in [3.05, 3.63) is 29.6 Å². The largest absolute Gasteiger partial charge is 0.496 e. The first-order chi connectivity index (χ1) is 9.24. The van der Waals surface area contributed by atoms with Crippen molar-refractivity contribution < 1.29 is 9.13 Å². The first-order valence-electron chi connectivity index (χ1n) is 7.01. The number of hydrogen-bond donors (Lipinski definition) is 1. The van der Waals surface area contributed by atoms with Gasteiger partial charge in [-0.15, -0.1) is 0 Å². The van der Waals surface area contributed by atoms with Gasteiger partial charge in [0.1, 0.15) is 11.6 Å². The van der Waals surface area contributed by atoms with E-state index in [9.17, 15) is 4.39 Å². The summed E-state index contributed by atoms with van der Waals surface area (Å²) in [7, 11) is 1.63. The van der Waals surface area contributed by atoms with Crippen LogP contribution in [0.15, 0.2) is 18.2 Å². The Kier molecular flexibility index (Phi) is 5.16. The molecule has 4 heteroatoms. The maximum atomic E-state index is 13.3. The van der Waals surface area contributed by atoms with Gasteiger partial charge in [-0.1, -0.05) is 0 Å². The van der Waals surface area contributed by atoms with Crippen LogP contribution in [0.4, 0.5) is 4.39 Å². The highest BCUT2D eigenvalue weighted by molar-refractivity contribution is 5.34. The van der Waals surface area contributed by atoms with E-state index in [1.807, 2.05) is 0 Å². The van der Waals surface area contributed by atoms with Crippen LogP contribution in [0.5, 0.6) is 5.75 Å². The molecule has 0 bridgehead atoms. The molecule has 0 amide bonds. The predicted octanol–water partition coefficient (Wildman–Crippen LogP) is 2.19. The number of aryl methyl sites for hydroxylation is 1. The highest BCUT2D eigenvalue weighted by Crippen LogP contribution is 2.25. The fourth-order valence-corrected chi connectivity index (χ4v) is 2.95. The van der Waals surface area contributed by atoms with Gasteiger partial charge in [0, 0.05) is 19.1 Å². The molecule has 0 saturated carbocycles. The van der Waals surface area contributed by atoms with E-state index in [4.69, 9.17) is 10.5 Å². The molecule has 1 heterocycles. The topological polar surface area (TPSA) is 38.5 Å². The van der Waals surface area contributed by atoms with Gasteiger partial charge >= 0.3 is 0 Å². The second kappa shape index (κ2) is 6.87. The normalized spacial score (nSPS) is 19.8. The Bertz CT molecular complexity index is 411. The second-order valence-corrected chi connectivity index (χ2v) is 5.12. The van der Waals surface area contributed by atoms with Gasteiger partial charge in [0.05, 0.1) is 7.11 Å². The molecule has 1 fully saturated rings. The predicted molar refractivity (Wildman–Crippen MR) is 74.9 cm³/mol. The third kappa shape index (κ3) is 3.67. The van der Waals surface area contributed by atoms with Crippen LogP contribution >= 0.6 is 0 Å². The second-order valence-electron chi connectivity index (χ2n) is 5.12. The van der Waals surface area contributed by atoms with Gasteiger partial charge in [-0.05, 0) is 56.0 Å². The molecular weight excluding hydrogens is 243 g/mol. The Morgan fingerprint density at radius 2 is 2.32 bits per heavy atom. The number of ether oxygens (including phenoxy) is 1. The molecule has 0 aliphatic carbocycles. The lowest BCUT2D eigenvalue weighted by atomic mass is 10.0. The summed E-state index contributed by atoms with van der Waals surface area (Å²) in [6, 6.07) is 5.31. The number of nitrogens with zero attached hydrogens (tertiary/aromatic N) is 1. The lowest BCUT2D eigenvalue weighted by molar-refractivity contribution is 0.249. The minimum Gasteiger partial charge on any atom is -0.496 e. The van der Waals surface area contributed by atoms with Gasteiger partial charge in [-0.25, -0.2) is 4.39 Å². The van der Waals surface area contributed by atoms with Crippen molar-refractivity contribution in [1.82, 2.24) is 4.90 Å². The highest BCUT2D eigenvalue weighted by atomic mass is 19.1. The van der Waals surface area contributed by atoms with E-state index in [1.54, 1.807) is 19.2 Å². The molecule has 1 saturated heterocycles. The summed E-state index contributed by atoms with van der Waals surface area (Å²) in [4.78, 5) is 2.45. The molecular formula is C15H23FN2O. The van der Waals surface area contributed by atoms with Crippen LogP contribution in [0.3, 0.4) is 0 Å². The maximum absolute atomic E-state index is 13.3. The first-order valence-corrected chi connectivity index (χ1v) is 7.01. The quantitative estimate of drug-likeness (QED) is 0.858. The van der Waals surface area contributed by atoms with Crippen molar-refractivity contribution in [2.24, 2.45) is 5.73 Å². The van der Waals surface area contributed by atoms with Crippen LogP contribution in [-0.4, -0.2) is 37.7 Å². The number of rotatable bonds is 6. The van der Waals surface area contributed by atoms with Crippen molar-refractivity contribution in [2.45, 2.75) is 31.7 Å². The standard InChI is InChI=1S/C15H23FN2O/c1-19-15-7-5-13(16)11-12(15)4-6-14-3-2-9-18(14)10-8-17/h5,7,11,14H,2-4,6,8-10,17H2,1H3. The average Bonchev–Trinajstić information content (AvgIpc) is 2.84. The van der Waals surface area contributed by atoms with Crippen molar-refractivity contribution in [1.29, 1.82) is 0 Å². The van der Waals surface area contributed by atoms with Gasteiger partial charge in [-0.2, -0.15) is 0 Å². The Hall–Kier alpha value is -1.13. The number of methoxy groups -OCH3 is 1. The lowest BCUT2D eigenvalue weighted by Gasteiger charge is -2.24. The van der Waals surface area contributed by atoms with Gasteiger partial charge in [0.2, 0.25) is 0 Å². The summed E-state index contributed by atoms with van der Waals surface area (Å²) in [5.41, 5.74) is 6.59. The van der Waals surface area contributed by atoms with E-state index in [-0.39, 0.29) is 5.82 Å². The summed E-state index contributed by atoms with van der Waals surface area (Å²) in [6.45, 7) is 2.81. The summed E-state index contributed by atoms with van der Waals surface area (Å²) >= 11 is 0. The molecule has 2 N–H and O–H groups in total. The zero-order valence-electron chi connectivity index (χ0n) is 11.6. The monoisotopic (exact) mass is 266 g/mol. The van der Waals surface area contributed by atoms with E-state index < -0.39 is 0 Å². The molecule has 0 aromatic heterocycles. The molecule has 0 spiro atoms. The zero-order valence-corrected chi connectivity index (χ0v) is 11.6. The van der Waals surface area contributed by atoms with Crippen LogP contribution in [0.1, 0.15) is 24.8 Å². The summed E-state index contributed by atoms with van der Waals surface area (Å²) < 4.78 is 18.6. The van der Waals surface area contributed by atoms with Gasteiger partial charge < -0.3 is 10.5 Å². The van der Waals surface area contributed by atoms with Gasteiger partial charge in [0.15, 0.2) is 0 Å². The van der Waals surface area contributed by atoms with Crippen molar-refractivity contribution in [3.8, 4) is 5.75 Å². The molecule has 19 heavy (non-hydrogen) atoms. The summed E-state index contributed by atoms with van der Waals surface area (Å²) in [5, 5.41) is 0. The maximum Gasteiger partial charge on any atom is 0.123 e. The molecule has 2 rings (SSSR count). The average molecular weight is 266 g/mol. The SMILES string of the molecule is COc1ccc(F)cc1CCC1CCCN1CCN. The number of likely N-dealkylation sites (tertiary alicyclic amines) is 1. The lowest BCUT2D eigenvalue weighted by Crippen LogP contribution is -2.34. The van der Waals surface area contributed by atoms with E-state index in [1.165, 1.54) is 18.9 Å². The molecule has 1 aliphatic heterocycles. The van der Waals surface area contributed by atoms with Gasteiger partial charge in [-0.3, -0.25) is 4.90 Å².